The van der Waals surface area contributed by atoms with Crippen LogP contribution in [0.25, 0.3) is 0 Å². The van der Waals surface area contributed by atoms with Gasteiger partial charge in [-0.05, 0) is 24.6 Å². The zero-order valence-corrected chi connectivity index (χ0v) is 10.6. The highest BCUT2D eigenvalue weighted by atomic mass is 35.5. The fraction of sp³-hybridized carbons (Fsp3) is 0.0909. The molecular weight excluding hydrogens is 258 g/mol. The molecule has 0 aliphatic heterocycles. The Morgan fingerprint density at radius 1 is 1.41 bits per heavy atom. The van der Waals surface area contributed by atoms with Gasteiger partial charge in [0.15, 0.2) is 5.13 Å². The minimum atomic E-state index is -0.333. The first-order valence-corrected chi connectivity index (χ1v) is 6.14. The van der Waals surface area contributed by atoms with Crippen LogP contribution >= 0.6 is 22.9 Å². The average molecular weight is 268 g/mol. The van der Waals surface area contributed by atoms with E-state index in [9.17, 15) is 4.79 Å². The molecule has 0 saturated heterocycles. The number of benzene rings is 1. The maximum Gasteiger partial charge on any atom is 0.325 e. The molecule has 0 aliphatic carbocycles. The number of nitrogens with one attached hydrogen (secondary N) is 2. The summed E-state index contributed by atoms with van der Waals surface area (Å²) in [5, 5.41) is 8.27. The lowest BCUT2D eigenvalue weighted by Gasteiger charge is -2.06. The lowest BCUT2D eigenvalue weighted by Crippen LogP contribution is -2.19. The van der Waals surface area contributed by atoms with E-state index in [0.29, 0.717) is 15.8 Å². The highest BCUT2D eigenvalue weighted by molar-refractivity contribution is 7.13. The van der Waals surface area contributed by atoms with Crippen molar-refractivity contribution >= 4 is 39.8 Å². The maximum absolute atomic E-state index is 11.6. The van der Waals surface area contributed by atoms with Crippen molar-refractivity contribution in [3.63, 3.8) is 0 Å². The summed E-state index contributed by atoms with van der Waals surface area (Å²) >= 11 is 7.32. The number of carbonyl (C=O) groups excluding carboxylic acids is 1. The zero-order chi connectivity index (χ0) is 12.3. The molecule has 2 N–H and O–H groups in total. The van der Waals surface area contributed by atoms with E-state index in [0.717, 1.165) is 5.56 Å². The molecule has 88 valence electrons. The van der Waals surface area contributed by atoms with Gasteiger partial charge in [-0.3, -0.25) is 5.32 Å². The second-order valence-electron chi connectivity index (χ2n) is 3.38. The lowest BCUT2D eigenvalue weighted by molar-refractivity contribution is 0.262. The third kappa shape index (κ3) is 3.18. The van der Waals surface area contributed by atoms with Crippen molar-refractivity contribution in [2.45, 2.75) is 6.92 Å². The van der Waals surface area contributed by atoms with Gasteiger partial charge in [0.05, 0.1) is 0 Å². The van der Waals surface area contributed by atoms with Crippen molar-refractivity contribution in [3.05, 3.63) is 40.4 Å². The van der Waals surface area contributed by atoms with Crippen LogP contribution in [-0.2, 0) is 0 Å². The highest BCUT2D eigenvalue weighted by Crippen LogP contribution is 2.20. The number of urea groups is 1. The summed E-state index contributed by atoms with van der Waals surface area (Å²) in [4.78, 5) is 15.5. The van der Waals surface area contributed by atoms with Crippen molar-refractivity contribution < 1.29 is 4.79 Å². The molecular formula is C11H10ClN3OS. The van der Waals surface area contributed by atoms with E-state index < -0.39 is 0 Å². The molecule has 0 radical (unpaired) electrons. The van der Waals surface area contributed by atoms with Crippen molar-refractivity contribution in [2.75, 3.05) is 10.6 Å². The van der Waals surface area contributed by atoms with Gasteiger partial charge in [0.2, 0.25) is 0 Å². The maximum atomic E-state index is 11.6. The van der Waals surface area contributed by atoms with Crippen molar-refractivity contribution in [1.29, 1.82) is 0 Å². The minimum absolute atomic E-state index is 0.333. The molecule has 0 unspecified atom stereocenters. The summed E-state index contributed by atoms with van der Waals surface area (Å²) in [6.45, 7) is 1.90. The van der Waals surface area contributed by atoms with Gasteiger partial charge in [0, 0.05) is 22.3 Å². The molecule has 0 saturated carbocycles. The number of anilines is 2. The SMILES string of the molecule is Cc1ccc(NC(=O)Nc2nccs2)cc1Cl. The zero-order valence-electron chi connectivity index (χ0n) is 9.03. The molecule has 1 heterocycles. The Balaban J connectivity index is 2.00. The monoisotopic (exact) mass is 267 g/mol. The Labute approximate surface area is 108 Å². The summed E-state index contributed by atoms with van der Waals surface area (Å²) in [6, 6.07) is 5.02. The molecule has 1 aromatic carbocycles. The number of hydrogen-bond donors (Lipinski definition) is 2. The van der Waals surface area contributed by atoms with E-state index >= 15 is 0 Å². The van der Waals surface area contributed by atoms with Crippen LogP contribution < -0.4 is 10.6 Å². The molecule has 0 bridgehead atoms. The van der Waals surface area contributed by atoms with E-state index in [2.05, 4.69) is 15.6 Å². The number of halogens is 1. The van der Waals surface area contributed by atoms with Gasteiger partial charge in [-0.1, -0.05) is 17.7 Å². The first-order chi connectivity index (χ1) is 8.15. The average Bonchev–Trinajstić information content (AvgIpc) is 2.76. The van der Waals surface area contributed by atoms with Crippen LogP contribution in [0.4, 0.5) is 15.6 Å². The Morgan fingerprint density at radius 2 is 2.24 bits per heavy atom. The quantitative estimate of drug-likeness (QED) is 0.871. The minimum Gasteiger partial charge on any atom is -0.308 e. The van der Waals surface area contributed by atoms with Gasteiger partial charge in [-0.15, -0.1) is 11.3 Å². The third-order valence-electron chi connectivity index (χ3n) is 2.08. The molecule has 0 aliphatic rings. The predicted octanol–water partition coefficient (Wildman–Crippen LogP) is 3.75. The first-order valence-electron chi connectivity index (χ1n) is 4.89. The van der Waals surface area contributed by atoms with Crippen LogP contribution in [0.3, 0.4) is 0 Å². The Morgan fingerprint density at radius 3 is 2.88 bits per heavy atom. The topological polar surface area (TPSA) is 54.0 Å². The fourth-order valence-corrected chi connectivity index (χ4v) is 1.92. The summed E-state index contributed by atoms with van der Waals surface area (Å²) in [7, 11) is 0. The van der Waals surface area contributed by atoms with E-state index in [1.165, 1.54) is 11.3 Å². The molecule has 6 heteroatoms. The van der Waals surface area contributed by atoms with Crippen LogP contribution in [0.2, 0.25) is 5.02 Å². The second kappa shape index (κ2) is 5.16. The Bertz CT molecular complexity index is 528. The third-order valence-corrected chi connectivity index (χ3v) is 3.18. The van der Waals surface area contributed by atoms with Gasteiger partial charge >= 0.3 is 6.03 Å². The Hall–Kier alpha value is -1.59. The first kappa shape index (κ1) is 11.9. The molecule has 4 nitrogen and oxygen atoms in total. The summed E-state index contributed by atoms with van der Waals surface area (Å²) in [5.74, 6) is 0. The van der Waals surface area contributed by atoms with E-state index in [1.807, 2.05) is 13.0 Å². The molecule has 17 heavy (non-hydrogen) atoms. The van der Waals surface area contributed by atoms with Crippen LogP contribution in [0.15, 0.2) is 29.8 Å². The lowest BCUT2D eigenvalue weighted by atomic mass is 10.2. The largest absolute Gasteiger partial charge is 0.325 e. The molecule has 2 amide bonds. The summed E-state index contributed by atoms with van der Waals surface area (Å²) in [5.41, 5.74) is 1.62. The highest BCUT2D eigenvalue weighted by Gasteiger charge is 2.05. The molecule has 2 aromatic rings. The number of hydrogen-bond acceptors (Lipinski definition) is 3. The second-order valence-corrected chi connectivity index (χ2v) is 4.68. The number of nitrogens with zero attached hydrogens (tertiary/aromatic N) is 1. The van der Waals surface area contributed by atoms with Gasteiger partial charge in [-0.25, -0.2) is 9.78 Å². The van der Waals surface area contributed by atoms with Gasteiger partial charge in [-0.2, -0.15) is 0 Å². The summed E-state index contributed by atoms with van der Waals surface area (Å²) < 4.78 is 0. The molecule has 1 aromatic heterocycles. The van der Waals surface area contributed by atoms with Gasteiger partial charge in [0.1, 0.15) is 0 Å². The normalized spacial score (nSPS) is 10.0. The Kier molecular flexibility index (Phi) is 3.61. The smallest absolute Gasteiger partial charge is 0.308 e. The van der Waals surface area contributed by atoms with E-state index in [1.54, 1.807) is 23.7 Å². The number of thiazole rings is 1. The van der Waals surface area contributed by atoms with Crippen LogP contribution in [0.1, 0.15) is 5.56 Å². The standard InChI is InChI=1S/C11H10ClN3OS/c1-7-2-3-8(6-9(7)12)14-10(16)15-11-13-4-5-17-11/h2-6H,1H3,(H2,13,14,15,16). The van der Waals surface area contributed by atoms with Crippen molar-refractivity contribution in [3.8, 4) is 0 Å². The van der Waals surface area contributed by atoms with Crippen molar-refractivity contribution in [1.82, 2.24) is 4.98 Å². The van der Waals surface area contributed by atoms with Crippen LogP contribution in [0, 0.1) is 6.92 Å². The van der Waals surface area contributed by atoms with Gasteiger partial charge in [0.25, 0.3) is 0 Å². The number of aromatic nitrogens is 1. The van der Waals surface area contributed by atoms with E-state index in [-0.39, 0.29) is 6.03 Å². The fourth-order valence-electron chi connectivity index (χ4n) is 1.22. The number of rotatable bonds is 2. The molecule has 2 rings (SSSR count). The number of aryl methyl sites for hydroxylation is 1. The number of amides is 2. The molecule has 0 fully saturated rings. The molecule has 0 atom stereocenters. The van der Waals surface area contributed by atoms with Crippen LogP contribution in [0.5, 0.6) is 0 Å². The van der Waals surface area contributed by atoms with Gasteiger partial charge < -0.3 is 5.32 Å². The van der Waals surface area contributed by atoms with Crippen LogP contribution in [-0.4, -0.2) is 11.0 Å². The van der Waals surface area contributed by atoms with E-state index in [4.69, 9.17) is 11.6 Å². The van der Waals surface area contributed by atoms with Crippen molar-refractivity contribution in [2.24, 2.45) is 0 Å². The molecule has 0 spiro atoms. The number of carbonyl (C=O) groups is 1. The predicted molar refractivity (Wildman–Crippen MR) is 70.9 cm³/mol. The summed E-state index contributed by atoms with van der Waals surface area (Å²) in [6.07, 6.45) is 1.63.